The zero-order valence-electron chi connectivity index (χ0n) is 14.6. The topological polar surface area (TPSA) is 48.3 Å². The lowest BCUT2D eigenvalue weighted by atomic mass is 9.82. The van der Waals surface area contributed by atoms with Crippen molar-refractivity contribution in [3.63, 3.8) is 0 Å². The van der Waals surface area contributed by atoms with Crippen LogP contribution in [0.4, 0.5) is 0 Å². The first-order valence-electron chi connectivity index (χ1n) is 8.24. The highest BCUT2D eigenvalue weighted by molar-refractivity contribution is 6.61. The number of nitrogens with one attached hydrogen (secondary N) is 1. The van der Waals surface area contributed by atoms with Gasteiger partial charge in [-0.3, -0.25) is 4.68 Å². The molecule has 1 aromatic heterocycles. The third-order valence-electron chi connectivity index (χ3n) is 5.44. The predicted molar refractivity (Wildman–Crippen MR) is 88.3 cm³/mol. The summed E-state index contributed by atoms with van der Waals surface area (Å²) in [5, 5.41) is 8.13. The number of aromatic nitrogens is 2. The van der Waals surface area contributed by atoms with Crippen LogP contribution in [-0.2, 0) is 9.31 Å². The van der Waals surface area contributed by atoms with Crippen molar-refractivity contribution < 1.29 is 9.31 Å². The van der Waals surface area contributed by atoms with Crippen LogP contribution < -0.4 is 10.8 Å². The highest BCUT2D eigenvalue weighted by Crippen LogP contribution is 2.36. The molecule has 0 spiro atoms. The molecule has 0 radical (unpaired) electrons. The second-order valence-corrected chi connectivity index (χ2v) is 8.30. The number of nitrogens with zero attached hydrogens (tertiary/aromatic N) is 2. The lowest BCUT2D eigenvalue weighted by molar-refractivity contribution is 0.00578. The molecule has 1 N–H and O–H groups in total. The second kappa shape index (κ2) is 5.08. The molecule has 2 aliphatic heterocycles. The van der Waals surface area contributed by atoms with Gasteiger partial charge >= 0.3 is 7.12 Å². The van der Waals surface area contributed by atoms with E-state index in [0.29, 0.717) is 6.04 Å². The Hall–Kier alpha value is -0.845. The normalized spacial score (nSPS) is 29.7. The summed E-state index contributed by atoms with van der Waals surface area (Å²) in [5.74, 6) is 0. The summed E-state index contributed by atoms with van der Waals surface area (Å²) in [4.78, 5) is 0. The number of hydrogen-bond acceptors (Lipinski definition) is 4. The number of rotatable bonds is 2. The van der Waals surface area contributed by atoms with Crippen molar-refractivity contribution in [3.8, 4) is 0 Å². The Morgan fingerprint density at radius 1 is 1.18 bits per heavy atom. The van der Waals surface area contributed by atoms with Gasteiger partial charge in [-0.05, 0) is 54.4 Å². The molecule has 6 heteroatoms. The summed E-state index contributed by atoms with van der Waals surface area (Å²) in [5.41, 5.74) is 0.619. The number of piperidine rings is 1. The van der Waals surface area contributed by atoms with E-state index in [9.17, 15) is 0 Å². The third kappa shape index (κ3) is 2.84. The van der Waals surface area contributed by atoms with Crippen molar-refractivity contribution in [2.75, 3.05) is 6.54 Å². The van der Waals surface area contributed by atoms with Crippen LogP contribution in [0.5, 0.6) is 0 Å². The van der Waals surface area contributed by atoms with Crippen LogP contribution in [0.1, 0.15) is 60.4 Å². The van der Waals surface area contributed by atoms with Gasteiger partial charge in [0.1, 0.15) is 0 Å². The molecule has 1 atom stereocenters. The molecule has 1 unspecified atom stereocenters. The van der Waals surface area contributed by atoms with Crippen molar-refractivity contribution in [3.05, 3.63) is 12.4 Å². The van der Waals surface area contributed by atoms with E-state index < -0.39 is 0 Å². The molecule has 3 heterocycles. The van der Waals surface area contributed by atoms with E-state index in [1.165, 1.54) is 0 Å². The van der Waals surface area contributed by atoms with E-state index in [-0.39, 0.29) is 23.9 Å². The Morgan fingerprint density at radius 3 is 2.36 bits per heavy atom. The van der Waals surface area contributed by atoms with Crippen LogP contribution in [0.2, 0.25) is 0 Å². The standard InChI is InChI=1S/C16H28BN3O2/c1-14(2)8-7-13(10-18-14)20-11-12(9-19-20)17-21-15(3,4)16(5,6)22-17/h9,11,13,18H,7-8,10H2,1-6H3. The maximum Gasteiger partial charge on any atom is 0.498 e. The van der Waals surface area contributed by atoms with E-state index in [1.807, 2.05) is 6.20 Å². The molecule has 3 rings (SSSR count). The Bertz CT molecular complexity index is 527. The average Bonchev–Trinajstić information content (AvgIpc) is 2.93. The first-order chi connectivity index (χ1) is 10.1. The summed E-state index contributed by atoms with van der Waals surface area (Å²) in [7, 11) is -0.327. The largest absolute Gasteiger partial charge is 0.498 e. The van der Waals surface area contributed by atoms with Gasteiger partial charge in [0, 0.05) is 29.9 Å². The summed E-state index contributed by atoms with van der Waals surface area (Å²) < 4.78 is 14.2. The molecule has 1 aromatic rings. The molecule has 0 saturated carbocycles. The van der Waals surface area contributed by atoms with Gasteiger partial charge in [-0.25, -0.2) is 0 Å². The van der Waals surface area contributed by atoms with Crippen LogP contribution >= 0.6 is 0 Å². The molecule has 0 bridgehead atoms. The minimum Gasteiger partial charge on any atom is -0.399 e. The van der Waals surface area contributed by atoms with Crippen molar-refractivity contribution in [2.45, 2.75) is 77.2 Å². The van der Waals surface area contributed by atoms with Crippen molar-refractivity contribution in [1.82, 2.24) is 15.1 Å². The fraction of sp³-hybridized carbons (Fsp3) is 0.812. The summed E-state index contributed by atoms with van der Waals surface area (Å²) in [6, 6.07) is 0.407. The van der Waals surface area contributed by atoms with Crippen LogP contribution in [0.25, 0.3) is 0 Å². The molecular formula is C16H28BN3O2. The zero-order valence-corrected chi connectivity index (χ0v) is 14.6. The molecular weight excluding hydrogens is 277 g/mol. The molecule has 0 aliphatic carbocycles. The van der Waals surface area contributed by atoms with Crippen LogP contribution in [0, 0.1) is 0 Å². The Balaban J connectivity index is 1.70. The maximum atomic E-state index is 6.09. The molecule has 22 heavy (non-hydrogen) atoms. The smallest absolute Gasteiger partial charge is 0.399 e. The van der Waals surface area contributed by atoms with Gasteiger partial charge in [0.25, 0.3) is 0 Å². The lowest BCUT2D eigenvalue weighted by Gasteiger charge is -2.35. The molecule has 5 nitrogen and oxygen atoms in total. The van der Waals surface area contributed by atoms with Crippen molar-refractivity contribution in [2.24, 2.45) is 0 Å². The van der Waals surface area contributed by atoms with E-state index >= 15 is 0 Å². The van der Waals surface area contributed by atoms with Crippen LogP contribution in [0.3, 0.4) is 0 Å². The molecule has 2 aliphatic rings. The minimum atomic E-state index is -0.327. The Labute approximate surface area is 133 Å². The predicted octanol–water partition coefficient (Wildman–Crippen LogP) is 1.89. The first-order valence-corrected chi connectivity index (χ1v) is 8.24. The molecule has 0 amide bonds. The molecule has 2 saturated heterocycles. The molecule has 0 aromatic carbocycles. The van der Waals surface area contributed by atoms with Gasteiger partial charge in [0.05, 0.1) is 17.2 Å². The highest BCUT2D eigenvalue weighted by atomic mass is 16.7. The SMILES string of the molecule is CC1(C)CCC(n2cc(B3OC(C)(C)C(C)(C)O3)cn2)CN1. The van der Waals surface area contributed by atoms with Crippen molar-refractivity contribution >= 4 is 12.6 Å². The van der Waals surface area contributed by atoms with Gasteiger partial charge in [-0.15, -0.1) is 0 Å². The van der Waals surface area contributed by atoms with Crippen LogP contribution in [0.15, 0.2) is 12.4 Å². The third-order valence-corrected chi connectivity index (χ3v) is 5.44. The maximum absolute atomic E-state index is 6.09. The van der Waals surface area contributed by atoms with Crippen molar-refractivity contribution in [1.29, 1.82) is 0 Å². The molecule has 122 valence electrons. The highest BCUT2D eigenvalue weighted by Gasteiger charge is 2.52. The second-order valence-electron chi connectivity index (χ2n) is 8.30. The Kier molecular flexibility index (Phi) is 3.70. The van der Waals surface area contributed by atoms with Gasteiger partial charge in [-0.1, -0.05) is 0 Å². The minimum absolute atomic E-state index is 0.234. The quantitative estimate of drug-likeness (QED) is 0.848. The summed E-state index contributed by atoms with van der Waals surface area (Å²) in [6.45, 7) is 13.8. The fourth-order valence-electron chi connectivity index (χ4n) is 2.99. The van der Waals surface area contributed by atoms with Gasteiger partial charge in [-0.2, -0.15) is 5.10 Å². The van der Waals surface area contributed by atoms with Gasteiger partial charge in [0.2, 0.25) is 0 Å². The van der Waals surface area contributed by atoms with Crippen LogP contribution in [-0.4, -0.2) is 40.2 Å². The molecule has 2 fully saturated rings. The first kappa shape index (κ1) is 16.0. The van der Waals surface area contributed by atoms with Gasteiger partial charge < -0.3 is 14.6 Å². The lowest BCUT2D eigenvalue weighted by Crippen LogP contribution is -2.47. The van der Waals surface area contributed by atoms with E-state index in [4.69, 9.17) is 9.31 Å². The van der Waals surface area contributed by atoms with E-state index in [2.05, 4.69) is 62.8 Å². The Morgan fingerprint density at radius 2 is 1.82 bits per heavy atom. The zero-order chi connectivity index (χ0) is 16.2. The summed E-state index contributed by atoms with van der Waals surface area (Å²) >= 11 is 0. The van der Waals surface area contributed by atoms with E-state index in [1.54, 1.807) is 0 Å². The fourth-order valence-corrected chi connectivity index (χ4v) is 2.99. The number of hydrogen-bond donors (Lipinski definition) is 1. The monoisotopic (exact) mass is 305 g/mol. The average molecular weight is 305 g/mol. The van der Waals surface area contributed by atoms with Gasteiger partial charge in [0.15, 0.2) is 0 Å². The summed E-state index contributed by atoms with van der Waals surface area (Å²) in [6.07, 6.45) is 6.25. The van der Waals surface area contributed by atoms with E-state index in [0.717, 1.165) is 24.8 Å².